The zero-order chi connectivity index (χ0) is 24.6. The molecule has 10 heteroatoms. The Labute approximate surface area is 219 Å². The topological polar surface area (TPSA) is 60.9 Å². The molecule has 1 aromatic heterocycles. The molecule has 0 unspecified atom stereocenters. The smallest absolute Gasteiger partial charge is 0.243 e. The van der Waals surface area contributed by atoms with Gasteiger partial charge in [-0.25, -0.2) is 8.42 Å². The molecule has 5 rings (SSSR count). The van der Waals surface area contributed by atoms with E-state index in [4.69, 9.17) is 23.2 Å². The van der Waals surface area contributed by atoms with E-state index >= 15 is 0 Å². The van der Waals surface area contributed by atoms with E-state index in [0.29, 0.717) is 23.1 Å². The number of hydrogen-bond acceptors (Lipinski definition) is 5. The van der Waals surface area contributed by atoms with Gasteiger partial charge in [0.1, 0.15) is 0 Å². The van der Waals surface area contributed by atoms with Crippen LogP contribution in [0.25, 0.3) is 0 Å². The molecule has 0 N–H and O–H groups in total. The average molecular weight is 551 g/mol. The number of thiophene rings is 1. The van der Waals surface area contributed by atoms with Crippen molar-refractivity contribution in [1.29, 1.82) is 0 Å². The lowest BCUT2D eigenvalue weighted by molar-refractivity contribution is -0.134. The Morgan fingerprint density at radius 3 is 2.17 bits per heavy atom. The van der Waals surface area contributed by atoms with Crippen LogP contribution < -0.4 is 0 Å². The number of rotatable bonds is 5. The first kappa shape index (κ1) is 24.7. The van der Waals surface area contributed by atoms with Gasteiger partial charge in [0.05, 0.1) is 17.5 Å². The number of hydrogen-bond donors (Lipinski definition) is 0. The van der Waals surface area contributed by atoms with E-state index in [1.54, 1.807) is 28.4 Å². The first-order valence-electron chi connectivity index (χ1n) is 11.4. The van der Waals surface area contributed by atoms with Gasteiger partial charge >= 0.3 is 0 Å². The van der Waals surface area contributed by atoms with Crippen molar-refractivity contribution >= 4 is 50.5 Å². The minimum atomic E-state index is -3.61. The lowest BCUT2D eigenvalue weighted by atomic mass is 9.93. The number of amides is 1. The lowest BCUT2D eigenvalue weighted by Crippen LogP contribution is -2.53. The molecule has 6 nitrogen and oxygen atoms in total. The van der Waals surface area contributed by atoms with E-state index in [2.05, 4.69) is 16.3 Å². The van der Waals surface area contributed by atoms with Crippen LogP contribution in [0.3, 0.4) is 0 Å². The molecule has 0 radical (unpaired) electrons. The molecule has 3 aromatic rings. The van der Waals surface area contributed by atoms with Crippen LogP contribution in [0.5, 0.6) is 0 Å². The quantitative estimate of drug-likeness (QED) is 0.468. The van der Waals surface area contributed by atoms with Gasteiger partial charge in [0.25, 0.3) is 0 Å². The number of sulfonamides is 1. The van der Waals surface area contributed by atoms with Crippen molar-refractivity contribution in [3.63, 3.8) is 0 Å². The second kappa shape index (κ2) is 10.2. The fourth-order valence-corrected chi connectivity index (χ4v) is 7.36. The maximum absolute atomic E-state index is 13.3. The Morgan fingerprint density at radius 2 is 1.51 bits per heavy atom. The first-order chi connectivity index (χ1) is 16.8. The molecule has 0 spiro atoms. The Hall–Kier alpha value is -1.94. The van der Waals surface area contributed by atoms with Crippen molar-refractivity contribution in [1.82, 2.24) is 14.1 Å². The zero-order valence-electron chi connectivity index (χ0n) is 18.9. The average Bonchev–Trinajstić information content (AvgIpc) is 3.34. The van der Waals surface area contributed by atoms with Gasteiger partial charge in [0.15, 0.2) is 0 Å². The highest BCUT2D eigenvalue weighted by atomic mass is 35.5. The molecule has 1 amide bonds. The van der Waals surface area contributed by atoms with Gasteiger partial charge in [0.2, 0.25) is 15.9 Å². The fraction of sp³-hybridized carbons (Fsp3) is 0.320. The third kappa shape index (κ3) is 5.14. The molecule has 1 saturated heterocycles. The largest absolute Gasteiger partial charge is 0.339 e. The van der Waals surface area contributed by atoms with E-state index in [-0.39, 0.29) is 36.5 Å². The summed E-state index contributed by atoms with van der Waals surface area (Å²) in [5, 5.41) is 3.28. The van der Waals surface area contributed by atoms with Gasteiger partial charge in [-0.1, -0.05) is 35.3 Å². The molecule has 1 atom stereocenters. The molecule has 2 aliphatic heterocycles. The van der Waals surface area contributed by atoms with Crippen LogP contribution >= 0.6 is 34.5 Å². The number of benzene rings is 2. The monoisotopic (exact) mass is 549 g/mol. The number of fused-ring (bicyclic) bond motifs is 1. The summed E-state index contributed by atoms with van der Waals surface area (Å²) in [6.45, 7) is 2.35. The third-order valence-corrected chi connectivity index (χ3v) is 10.0. The number of carbonyl (C=O) groups is 1. The molecule has 1 fully saturated rings. The van der Waals surface area contributed by atoms with E-state index in [1.807, 2.05) is 24.3 Å². The highest BCUT2D eigenvalue weighted by molar-refractivity contribution is 7.89. The van der Waals surface area contributed by atoms with Gasteiger partial charge in [-0.05, 0) is 65.4 Å². The number of piperazine rings is 1. The SMILES string of the molecule is O=C(CN1CCc2sccc2[C@H]1c1ccc(Cl)cc1)N1CCN(S(=O)(=O)c2ccc(Cl)cc2)CC1. The highest BCUT2D eigenvalue weighted by Gasteiger charge is 2.34. The van der Waals surface area contributed by atoms with Crippen molar-refractivity contribution in [2.75, 3.05) is 39.3 Å². The third-order valence-electron chi connectivity index (χ3n) is 6.63. The lowest BCUT2D eigenvalue weighted by Gasteiger charge is -2.39. The summed E-state index contributed by atoms with van der Waals surface area (Å²) in [6.07, 6.45) is 0.914. The van der Waals surface area contributed by atoms with Crippen molar-refractivity contribution in [2.24, 2.45) is 0 Å². The van der Waals surface area contributed by atoms with Crippen LogP contribution in [0.15, 0.2) is 64.9 Å². The molecule has 0 aliphatic carbocycles. The van der Waals surface area contributed by atoms with E-state index < -0.39 is 10.0 Å². The summed E-state index contributed by atoms with van der Waals surface area (Å²) < 4.78 is 27.4. The van der Waals surface area contributed by atoms with Crippen molar-refractivity contribution in [3.8, 4) is 0 Å². The molecule has 0 saturated carbocycles. The summed E-state index contributed by atoms with van der Waals surface area (Å²) in [5.41, 5.74) is 2.36. The number of carbonyl (C=O) groups excluding carboxylic acids is 1. The predicted octanol–water partition coefficient (Wildman–Crippen LogP) is 4.54. The van der Waals surface area contributed by atoms with E-state index in [9.17, 15) is 13.2 Å². The first-order valence-corrected chi connectivity index (χ1v) is 14.5. The van der Waals surface area contributed by atoms with Gasteiger partial charge in [0, 0.05) is 47.6 Å². The van der Waals surface area contributed by atoms with Crippen LogP contribution in [-0.4, -0.2) is 67.7 Å². The van der Waals surface area contributed by atoms with Gasteiger partial charge < -0.3 is 4.90 Å². The Kier molecular flexibility index (Phi) is 7.21. The van der Waals surface area contributed by atoms with Crippen LogP contribution in [0.4, 0.5) is 0 Å². The summed E-state index contributed by atoms with van der Waals surface area (Å²) >= 11 is 13.8. The predicted molar refractivity (Wildman–Crippen MR) is 140 cm³/mol. The maximum atomic E-state index is 13.3. The summed E-state index contributed by atoms with van der Waals surface area (Å²) in [7, 11) is -3.61. The van der Waals surface area contributed by atoms with Crippen molar-refractivity contribution in [2.45, 2.75) is 17.4 Å². The molecule has 0 bridgehead atoms. The minimum Gasteiger partial charge on any atom is -0.339 e. The van der Waals surface area contributed by atoms with Gasteiger partial charge in [-0.2, -0.15) is 4.31 Å². The van der Waals surface area contributed by atoms with Crippen LogP contribution in [0, 0.1) is 0 Å². The Balaban J connectivity index is 1.27. The number of nitrogens with zero attached hydrogens (tertiary/aromatic N) is 3. The zero-order valence-corrected chi connectivity index (χ0v) is 22.1. The van der Waals surface area contributed by atoms with Crippen LogP contribution in [0.2, 0.25) is 10.0 Å². The minimum absolute atomic E-state index is 0.00205. The van der Waals surface area contributed by atoms with Crippen molar-refractivity contribution < 1.29 is 13.2 Å². The Bertz CT molecular complexity index is 1300. The van der Waals surface area contributed by atoms with E-state index in [1.165, 1.54) is 26.9 Å². The maximum Gasteiger partial charge on any atom is 0.243 e. The Morgan fingerprint density at radius 1 is 0.886 bits per heavy atom. The normalized spacial score (nSPS) is 19.5. The summed E-state index contributed by atoms with van der Waals surface area (Å²) in [6, 6.07) is 16.1. The fourth-order valence-electron chi connectivity index (χ4n) is 4.78. The van der Waals surface area contributed by atoms with Crippen LogP contribution in [0.1, 0.15) is 22.0 Å². The molecular formula is C25H25Cl2N3O3S2. The summed E-state index contributed by atoms with van der Waals surface area (Å²) in [4.78, 5) is 18.9. The van der Waals surface area contributed by atoms with Gasteiger partial charge in [-0.15, -0.1) is 11.3 Å². The molecule has 184 valence electrons. The molecule has 35 heavy (non-hydrogen) atoms. The molecule has 2 aliphatic rings. The van der Waals surface area contributed by atoms with Crippen LogP contribution in [-0.2, 0) is 21.2 Å². The standard InChI is InChI=1S/C25H25Cl2N3O3S2/c26-19-3-1-18(2-4-19)25-22-10-16-34-23(22)9-11-29(25)17-24(31)28-12-14-30(15-13-28)35(32,33)21-7-5-20(27)6-8-21/h1-8,10,16,25H,9,11-15,17H2/t25-/m1/s1. The number of halogens is 2. The molecular weight excluding hydrogens is 525 g/mol. The molecule has 3 heterocycles. The van der Waals surface area contributed by atoms with Gasteiger partial charge in [-0.3, -0.25) is 9.69 Å². The van der Waals surface area contributed by atoms with E-state index in [0.717, 1.165) is 18.5 Å². The summed E-state index contributed by atoms with van der Waals surface area (Å²) in [5.74, 6) is 0.0196. The second-order valence-corrected chi connectivity index (χ2v) is 12.5. The highest BCUT2D eigenvalue weighted by Crippen LogP contribution is 2.38. The molecule has 2 aromatic carbocycles. The second-order valence-electron chi connectivity index (χ2n) is 8.71. The van der Waals surface area contributed by atoms with Crippen molar-refractivity contribution in [3.05, 3.63) is 86.0 Å².